The molecule has 1 unspecified atom stereocenters. The van der Waals surface area contributed by atoms with Crippen LogP contribution in [0.25, 0.3) is 11.6 Å². The summed E-state index contributed by atoms with van der Waals surface area (Å²) in [6.45, 7) is 8.11. The summed E-state index contributed by atoms with van der Waals surface area (Å²) in [7, 11) is 0. The fourth-order valence-electron chi connectivity index (χ4n) is 3.76. The number of likely N-dealkylation sites (N-methyl/N-ethyl adjacent to an activating group) is 1. The molecule has 0 amide bonds. The minimum absolute atomic E-state index is 0.0393. The summed E-state index contributed by atoms with van der Waals surface area (Å²) in [5, 5.41) is -0.0393. The molecular formula is C29H34ClNO. The number of alkyl halides is 1. The third-order valence-electron chi connectivity index (χ3n) is 5.76. The summed E-state index contributed by atoms with van der Waals surface area (Å²) in [6, 6.07) is 29.3. The van der Waals surface area contributed by atoms with Gasteiger partial charge >= 0.3 is 0 Å². The number of allylic oxidation sites excluding steroid dienone is 1. The van der Waals surface area contributed by atoms with Crippen molar-refractivity contribution in [2.45, 2.75) is 32.1 Å². The zero-order valence-corrected chi connectivity index (χ0v) is 20.0. The summed E-state index contributed by atoms with van der Waals surface area (Å²) in [6.07, 6.45) is 4.05. The Labute approximate surface area is 198 Å². The maximum atomic E-state index is 6.80. The molecule has 0 fully saturated rings. The van der Waals surface area contributed by atoms with Crippen LogP contribution in [0.4, 0.5) is 0 Å². The molecule has 1 atom stereocenters. The van der Waals surface area contributed by atoms with Gasteiger partial charge in [-0.1, -0.05) is 92.7 Å². The van der Waals surface area contributed by atoms with Crippen molar-refractivity contribution in [1.29, 1.82) is 0 Å². The number of hydrogen-bond acceptors (Lipinski definition) is 2. The van der Waals surface area contributed by atoms with Gasteiger partial charge in [0.15, 0.2) is 0 Å². The SMILES string of the molecule is CCN(CC)CCOc1ccc(C(Cl)CCC(=Cc2ccccc2)c2ccccc2)cc1. The standard InChI is InChI=1S/C29H34ClNO/c1-3-31(4-2)21-22-32-28-18-15-26(16-19-28)29(30)20-17-27(25-13-9-6-10-14-25)23-24-11-7-5-8-12-24/h5-16,18-19,23,29H,3-4,17,20-22H2,1-2H3. The Morgan fingerprint density at radius 2 is 1.50 bits per heavy atom. The molecule has 0 radical (unpaired) electrons. The van der Waals surface area contributed by atoms with E-state index in [9.17, 15) is 0 Å². The summed E-state index contributed by atoms with van der Waals surface area (Å²) in [5.41, 5.74) is 4.90. The quantitative estimate of drug-likeness (QED) is 0.208. The Kier molecular flexibility index (Phi) is 9.87. The molecule has 3 aromatic rings. The zero-order chi connectivity index (χ0) is 22.6. The minimum atomic E-state index is -0.0393. The lowest BCUT2D eigenvalue weighted by Crippen LogP contribution is -2.27. The van der Waals surface area contributed by atoms with Crippen LogP contribution in [0, 0.1) is 0 Å². The van der Waals surface area contributed by atoms with Crippen LogP contribution in [-0.2, 0) is 0 Å². The molecule has 0 saturated carbocycles. The highest BCUT2D eigenvalue weighted by Crippen LogP contribution is 2.32. The van der Waals surface area contributed by atoms with E-state index in [4.69, 9.17) is 16.3 Å². The Hall–Kier alpha value is -2.55. The lowest BCUT2D eigenvalue weighted by atomic mass is 9.96. The third kappa shape index (κ3) is 7.55. The normalized spacial score (nSPS) is 12.7. The predicted octanol–water partition coefficient (Wildman–Crippen LogP) is 7.71. The molecule has 0 bridgehead atoms. The van der Waals surface area contributed by atoms with Crippen molar-refractivity contribution < 1.29 is 4.74 Å². The third-order valence-corrected chi connectivity index (χ3v) is 6.23. The number of hydrogen-bond donors (Lipinski definition) is 0. The second kappa shape index (κ2) is 13.1. The number of halogens is 1. The first-order chi connectivity index (χ1) is 15.7. The van der Waals surface area contributed by atoms with E-state index in [-0.39, 0.29) is 5.38 Å². The van der Waals surface area contributed by atoms with E-state index in [1.165, 1.54) is 16.7 Å². The van der Waals surface area contributed by atoms with Crippen molar-refractivity contribution in [2.24, 2.45) is 0 Å². The number of ether oxygens (including phenoxy) is 1. The van der Waals surface area contributed by atoms with E-state index in [2.05, 4.69) is 91.6 Å². The summed E-state index contributed by atoms with van der Waals surface area (Å²) < 4.78 is 5.90. The molecule has 0 aliphatic rings. The van der Waals surface area contributed by atoms with Gasteiger partial charge in [0.2, 0.25) is 0 Å². The van der Waals surface area contributed by atoms with Gasteiger partial charge in [0, 0.05) is 6.54 Å². The van der Waals surface area contributed by atoms with E-state index in [0.29, 0.717) is 6.61 Å². The molecule has 0 aliphatic carbocycles. The van der Waals surface area contributed by atoms with Crippen molar-refractivity contribution in [3.63, 3.8) is 0 Å². The van der Waals surface area contributed by atoms with Crippen LogP contribution in [0.5, 0.6) is 5.75 Å². The summed E-state index contributed by atoms with van der Waals surface area (Å²) >= 11 is 6.80. The Morgan fingerprint density at radius 1 is 0.875 bits per heavy atom. The molecule has 0 heterocycles. The highest BCUT2D eigenvalue weighted by atomic mass is 35.5. The van der Waals surface area contributed by atoms with Crippen molar-refractivity contribution in [3.8, 4) is 5.75 Å². The number of nitrogens with zero attached hydrogens (tertiary/aromatic N) is 1. The van der Waals surface area contributed by atoms with Crippen molar-refractivity contribution in [3.05, 3.63) is 102 Å². The van der Waals surface area contributed by atoms with Gasteiger partial charge in [0.25, 0.3) is 0 Å². The molecule has 2 nitrogen and oxygen atoms in total. The van der Waals surface area contributed by atoms with Gasteiger partial charge in [-0.3, -0.25) is 0 Å². The lowest BCUT2D eigenvalue weighted by Gasteiger charge is -2.18. The molecule has 3 aromatic carbocycles. The monoisotopic (exact) mass is 447 g/mol. The fraction of sp³-hybridized carbons (Fsp3) is 0.310. The van der Waals surface area contributed by atoms with Crippen molar-refractivity contribution in [2.75, 3.05) is 26.2 Å². The first-order valence-corrected chi connectivity index (χ1v) is 12.0. The Morgan fingerprint density at radius 3 is 2.12 bits per heavy atom. The molecule has 0 N–H and O–H groups in total. The Balaban J connectivity index is 1.60. The predicted molar refractivity (Wildman–Crippen MR) is 138 cm³/mol. The van der Waals surface area contributed by atoms with E-state index < -0.39 is 0 Å². The van der Waals surface area contributed by atoms with Gasteiger partial charge < -0.3 is 9.64 Å². The maximum Gasteiger partial charge on any atom is 0.119 e. The van der Waals surface area contributed by atoms with Crippen molar-refractivity contribution in [1.82, 2.24) is 4.90 Å². The highest BCUT2D eigenvalue weighted by Gasteiger charge is 2.11. The zero-order valence-electron chi connectivity index (χ0n) is 19.2. The van der Waals surface area contributed by atoms with Gasteiger partial charge in [0.1, 0.15) is 12.4 Å². The molecule has 3 heteroatoms. The fourth-order valence-corrected chi connectivity index (χ4v) is 4.01. The first kappa shape index (κ1) is 24.1. The molecule has 168 valence electrons. The van der Waals surface area contributed by atoms with Gasteiger partial charge in [-0.2, -0.15) is 0 Å². The van der Waals surface area contributed by atoms with Gasteiger partial charge in [-0.15, -0.1) is 11.6 Å². The van der Waals surface area contributed by atoms with Gasteiger partial charge in [-0.05, 0) is 60.3 Å². The summed E-state index contributed by atoms with van der Waals surface area (Å²) in [4.78, 5) is 2.36. The van der Waals surface area contributed by atoms with Crippen LogP contribution in [0.2, 0.25) is 0 Å². The average Bonchev–Trinajstić information content (AvgIpc) is 2.86. The van der Waals surface area contributed by atoms with Crippen molar-refractivity contribution >= 4 is 23.3 Å². The van der Waals surface area contributed by atoms with Gasteiger partial charge in [0.05, 0.1) is 5.38 Å². The lowest BCUT2D eigenvalue weighted by molar-refractivity contribution is 0.223. The van der Waals surface area contributed by atoms with E-state index in [1.54, 1.807) is 0 Å². The minimum Gasteiger partial charge on any atom is -0.492 e. The van der Waals surface area contributed by atoms with E-state index in [1.807, 2.05) is 18.2 Å². The molecule has 32 heavy (non-hydrogen) atoms. The molecule has 0 aliphatic heterocycles. The van der Waals surface area contributed by atoms with Crippen LogP contribution in [0.3, 0.4) is 0 Å². The molecule has 3 rings (SSSR count). The van der Waals surface area contributed by atoms with E-state index >= 15 is 0 Å². The van der Waals surface area contributed by atoms with Gasteiger partial charge in [-0.25, -0.2) is 0 Å². The highest BCUT2D eigenvalue weighted by molar-refractivity contribution is 6.20. The average molecular weight is 448 g/mol. The molecule has 0 saturated heterocycles. The van der Waals surface area contributed by atoms with Crippen LogP contribution in [0.15, 0.2) is 84.9 Å². The Bertz CT molecular complexity index is 934. The van der Waals surface area contributed by atoms with Crippen LogP contribution in [0.1, 0.15) is 48.8 Å². The topological polar surface area (TPSA) is 12.5 Å². The number of rotatable bonds is 12. The van der Waals surface area contributed by atoms with Crippen LogP contribution in [-0.4, -0.2) is 31.1 Å². The van der Waals surface area contributed by atoms with Crippen LogP contribution < -0.4 is 4.74 Å². The molecule has 0 spiro atoms. The van der Waals surface area contributed by atoms with Crippen LogP contribution >= 0.6 is 11.6 Å². The molecule has 0 aromatic heterocycles. The largest absolute Gasteiger partial charge is 0.492 e. The second-order valence-electron chi connectivity index (χ2n) is 7.90. The first-order valence-electron chi connectivity index (χ1n) is 11.6. The second-order valence-corrected chi connectivity index (χ2v) is 8.42. The number of benzene rings is 3. The smallest absolute Gasteiger partial charge is 0.119 e. The van der Waals surface area contributed by atoms with E-state index in [0.717, 1.165) is 43.8 Å². The summed E-state index contributed by atoms with van der Waals surface area (Å²) in [5.74, 6) is 0.902. The maximum absolute atomic E-state index is 6.80. The molecular weight excluding hydrogens is 414 g/mol.